The van der Waals surface area contributed by atoms with Crippen LogP contribution in [0.3, 0.4) is 0 Å². The molecule has 1 aliphatic rings. The lowest BCUT2D eigenvalue weighted by atomic mass is 10.1. The Kier molecular flexibility index (Phi) is 3.37. The molecule has 2 aromatic carbocycles. The summed E-state index contributed by atoms with van der Waals surface area (Å²) >= 11 is 0. The third-order valence-electron chi connectivity index (χ3n) is 3.27. The lowest BCUT2D eigenvalue weighted by Crippen LogP contribution is -2.09. The Morgan fingerprint density at radius 3 is 2.50 bits per heavy atom. The zero-order valence-electron chi connectivity index (χ0n) is 11.5. The highest BCUT2D eigenvalue weighted by atomic mass is 16.6. The second-order valence-electron chi connectivity index (χ2n) is 4.47. The smallest absolute Gasteiger partial charge is 0.165 e. The molecule has 0 amide bonds. The maximum atomic E-state index is 5.97. The minimum Gasteiger partial charge on any atom is -0.496 e. The van der Waals surface area contributed by atoms with Crippen molar-refractivity contribution in [1.29, 1.82) is 0 Å². The zero-order chi connectivity index (χ0) is 13.9. The van der Waals surface area contributed by atoms with Gasteiger partial charge < -0.3 is 18.9 Å². The van der Waals surface area contributed by atoms with E-state index in [1.165, 1.54) is 0 Å². The molecule has 1 unspecified atom stereocenters. The molecule has 1 atom stereocenters. The lowest BCUT2D eigenvalue weighted by Gasteiger charge is -2.15. The van der Waals surface area contributed by atoms with E-state index in [1.807, 2.05) is 42.5 Å². The molecule has 0 radical (unpaired) electrons. The highest BCUT2D eigenvalue weighted by molar-refractivity contribution is 5.54. The molecule has 1 heterocycles. The molecule has 0 spiro atoms. The summed E-state index contributed by atoms with van der Waals surface area (Å²) in [5.41, 5.74) is 0.928. The molecule has 0 bridgehead atoms. The fourth-order valence-electron chi connectivity index (χ4n) is 2.31. The van der Waals surface area contributed by atoms with E-state index in [0.717, 1.165) is 22.8 Å². The van der Waals surface area contributed by atoms with Gasteiger partial charge in [0.1, 0.15) is 29.6 Å². The van der Waals surface area contributed by atoms with Crippen molar-refractivity contribution in [1.82, 2.24) is 0 Å². The minimum atomic E-state index is -0.173. The molecule has 0 aromatic heterocycles. The number of benzene rings is 2. The zero-order valence-corrected chi connectivity index (χ0v) is 11.5. The predicted molar refractivity (Wildman–Crippen MR) is 74.9 cm³/mol. The fourth-order valence-corrected chi connectivity index (χ4v) is 2.31. The third kappa shape index (κ3) is 2.25. The van der Waals surface area contributed by atoms with Crippen molar-refractivity contribution in [3.05, 3.63) is 48.0 Å². The van der Waals surface area contributed by atoms with Gasteiger partial charge in [-0.25, -0.2) is 0 Å². The Balaban J connectivity index is 1.93. The van der Waals surface area contributed by atoms with Crippen LogP contribution in [0.2, 0.25) is 0 Å². The summed E-state index contributed by atoms with van der Waals surface area (Å²) in [4.78, 5) is 0. The minimum absolute atomic E-state index is 0.173. The number of fused-ring (bicyclic) bond motifs is 1. The van der Waals surface area contributed by atoms with Crippen LogP contribution in [0.1, 0.15) is 11.7 Å². The first kappa shape index (κ1) is 12.7. The van der Waals surface area contributed by atoms with Gasteiger partial charge in [0.05, 0.1) is 19.8 Å². The monoisotopic (exact) mass is 272 g/mol. The van der Waals surface area contributed by atoms with E-state index in [2.05, 4.69) is 0 Å². The fraction of sp³-hybridized carbons (Fsp3) is 0.250. The van der Waals surface area contributed by atoms with Crippen LogP contribution in [0, 0.1) is 0 Å². The van der Waals surface area contributed by atoms with Crippen molar-refractivity contribution < 1.29 is 18.9 Å². The average molecular weight is 272 g/mol. The number of rotatable bonds is 4. The maximum Gasteiger partial charge on any atom is 0.165 e. The summed E-state index contributed by atoms with van der Waals surface area (Å²) in [5, 5.41) is 0. The van der Waals surface area contributed by atoms with Gasteiger partial charge in [0.15, 0.2) is 6.10 Å². The molecule has 3 rings (SSSR count). The van der Waals surface area contributed by atoms with Gasteiger partial charge >= 0.3 is 0 Å². The van der Waals surface area contributed by atoms with Crippen molar-refractivity contribution >= 4 is 0 Å². The Labute approximate surface area is 117 Å². The Bertz CT molecular complexity index is 595. The van der Waals surface area contributed by atoms with Gasteiger partial charge in [-0.1, -0.05) is 18.2 Å². The molecule has 1 aliphatic heterocycles. The topological polar surface area (TPSA) is 36.9 Å². The summed E-state index contributed by atoms with van der Waals surface area (Å²) in [6.07, 6.45) is -0.173. The van der Waals surface area contributed by atoms with Crippen molar-refractivity contribution in [2.75, 3.05) is 20.8 Å². The quantitative estimate of drug-likeness (QED) is 0.856. The molecule has 0 aliphatic carbocycles. The summed E-state index contributed by atoms with van der Waals surface area (Å²) in [6, 6.07) is 13.4. The molecule has 104 valence electrons. The predicted octanol–water partition coefficient (Wildman–Crippen LogP) is 3.22. The van der Waals surface area contributed by atoms with Crippen LogP contribution in [-0.4, -0.2) is 20.8 Å². The van der Waals surface area contributed by atoms with E-state index >= 15 is 0 Å². The third-order valence-corrected chi connectivity index (χ3v) is 3.27. The first-order valence-corrected chi connectivity index (χ1v) is 6.42. The SMILES string of the molecule is COc1cc(OC)c2c(c1)OCC2Oc1ccccc1. The van der Waals surface area contributed by atoms with E-state index in [-0.39, 0.29) is 6.10 Å². The number of hydrogen-bond acceptors (Lipinski definition) is 4. The van der Waals surface area contributed by atoms with Crippen molar-refractivity contribution in [3.8, 4) is 23.0 Å². The molecule has 0 saturated carbocycles. The normalized spacial score (nSPS) is 16.2. The second kappa shape index (κ2) is 5.33. The number of methoxy groups -OCH3 is 2. The lowest BCUT2D eigenvalue weighted by molar-refractivity contribution is 0.161. The van der Waals surface area contributed by atoms with E-state index in [0.29, 0.717) is 12.4 Å². The Morgan fingerprint density at radius 2 is 1.80 bits per heavy atom. The summed E-state index contributed by atoms with van der Waals surface area (Å²) in [5.74, 6) is 2.99. The van der Waals surface area contributed by atoms with Crippen molar-refractivity contribution in [2.24, 2.45) is 0 Å². The maximum absolute atomic E-state index is 5.97. The van der Waals surface area contributed by atoms with Gasteiger partial charge in [-0.2, -0.15) is 0 Å². The average Bonchev–Trinajstić information content (AvgIpc) is 2.90. The van der Waals surface area contributed by atoms with Gasteiger partial charge in [0, 0.05) is 12.1 Å². The van der Waals surface area contributed by atoms with Crippen LogP contribution in [0.4, 0.5) is 0 Å². The summed E-state index contributed by atoms with van der Waals surface area (Å²) in [7, 11) is 3.25. The largest absolute Gasteiger partial charge is 0.496 e. The molecule has 0 fully saturated rings. The van der Waals surface area contributed by atoms with Crippen molar-refractivity contribution in [3.63, 3.8) is 0 Å². The van der Waals surface area contributed by atoms with Crippen LogP contribution in [0.25, 0.3) is 0 Å². The van der Waals surface area contributed by atoms with Crippen LogP contribution in [0.15, 0.2) is 42.5 Å². The standard InChI is InChI=1S/C16H16O4/c1-17-12-8-13(18-2)16-14(9-12)19-10-15(16)20-11-6-4-3-5-7-11/h3-9,15H,10H2,1-2H3. The van der Waals surface area contributed by atoms with Gasteiger partial charge in [-0.15, -0.1) is 0 Å². The molecule has 20 heavy (non-hydrogen) atoms. The van der Waals surface area contributed by atoms with E-state index in [1.54, 1.807) is 14.2 Å². The van der Waals surface area contributed by atoms with Gasteiger partial charge in [-0.3, -0.25) is 0 Å². The van der Waals surface area contributed by atoms with E-state index in [9.17, 15) is 0 Å². The molecule has 0 saturated heterocycles. The molecule has 2 aromatic rings. The van der Waals surface area contributed by atoms with Gasteiger partial charge in [-0.05, 0) is 12.1 Å². The Hall–Kier alpha value is -2.36. The highest BCUT2D eigenvalue weighted by Crippen LogP contribution is 2.44. The van der Waals surface area contributed by atoms with E-state index < -0.39 is 0 Å². The number of ether oxygens (including phenoxy) is 4. The van der Waals surface area contributed by atoms with Crippen LogP contribution < -0.4 is 18.9 Å². The summed E-state index contributed by atoms with van der Waals surface area (Å²) < 4.78 is 22.3. The molecule has 4 nitrogen and oxygen atoms in total. The van der Waals surface area contributed by atoms with Crippen LogP contribution in [-0.2, 0) is 0 Å². The molecular formula is C16H16O4. The first-order valence-electron chi connectivity index (χ1n) is 6.42. The Morgan fingerprint density at radius 1 is 1.00 bits per heavy atom. The van der Waals surface area contributed by atoms with Crippen LogP contribution >= 0.6 is 0 Å². The van der Waals surface area contributed by atoms with E-state index in [4.69, 9.17) is 18.9 Å². The first-order chi connectivity index (χ1) is 9.81. The summed E-state index contributed by atoms with van der Waals surface area (Å²) in [6.45, 7) is 0.466. The number of para-hydroxylation sites is 1. The molecule has 4 heteroatoms. The molecular weight excluding hydrogens is 256 g/mol. The van der Waals surface area contributed by atoms with Gasteiger partial charge in [0.25, 0.3) is 0 Å². The van der Waals surface area contributed by atoms with Crippen molar-refractivity contribution in [2.45, 2.75) is 6.10 Å². The molecule has 0 N–H and O–H groups in total. The van der Waals surface area contributed by atoms with Crippen LogP contribution in [0.5, 0.6) is 23.0 Å². The second-order valence-corrected chi connectivity index (χ2v) is 4.47. The highest BCUT2D eigenvalue weighted by Gasteiger charge is 2.30. The van der Waals surface area contributed by atoms with Gasteiger partial charge in [0.2, 0.25) is 0 Å². The number of hydrogen-bond donors (Lipinski definition) is 0.